The van der Waals surface area contributed by atoms with Crippen molar-refractivity contribution in [3.8, 4) is 0 Å². The fourth-order valence-electron chi connectivity index (χ4n) is 3.81. The van der Waals surface area contributed by atoms with Gasteiger partial charge in [-0.2, -0.15) is 39.5 Å². The molecule has 0 spiro atoms. The molecule has 0 heterocycles. The van der Waals surface area contributed by atoms with Gasteiger partial charge in [0.1, 0.15) is 5.82 Å². The van der Waals surface area contributed by atoms with Crippen LogP contribution in [0.25, 0.3) is 0 Å². The van der Waals surface area contributed by atoms with Crippen molar-refractivity contribution in [1.29, 1.82) is 0 Å². The van der Waals surface area contributed by atoms with Crippen molar-refractivity contribution in [3.05, 3.63) is 97.9 Å². The van der Waals surface area contributed by atoms with Gasteiger partial charge in [-0.15, -0.1) is 0 Å². The van der Waals surface area contributed by atoms with Gasteiger partial charge >= 0.3 is 24.2 Å². The second-order valence-electron chi connectivity index (χ2n) is 8.66. The zero-order valence-electron chi connectivity index (χ0n) is 20.3. The van der Waals surface area contributed by atoms with Gasteiger partial charge < -0.3 is 4.90 Å². The Morgan fingerprint density at radius 2 is 1.34 bits per heavy atom. The predicted octanol–water partition coefficient (Wildman–Crippen LogP) is 8.44. The number of rotatable bonds is 6. The number of benzene rings is 3. The highest BCUT2D eigenvalue weighted by atomic mass is 127. The first kappa shape index (κ1) is 32.3. The Bertz CT molecular complexity index is 1450. The molecular formula is C26H15F11INO2. The van der Waals surface area contributed by atoms with Gasteiger partial charge in [0.2, 0.25) is 0 Å². The molecule has 0 aliphatic carbocycles. The number of ketones is 1. The number of alkyl halides is 10. The number of hydrogen-bond acceptors (Lipinski definition) is 2. The fraction of sp³-hybridized carbons (Fsp3) is 0.231. The molecule has 0 unspecified atom stereocenters. The first-order valence-corrected chi connectivity index (χ1v) is 12.2. The molecule has 41 heavy (non-hydrogen) atoms. The Hall–Kier alpha value is -3.24. The molecule has 0 aromatic heterocycles. The molecule has 0 aliphatic heterocycles. The molecule has 3 rings (SSSR count). The molecule has 0 saturated heterocycles. The van der Waals surface area contributed by atoms with Crippen LogP contribution in [-0.4, -0.2) is 31.1 Å². The number of hydrogen-bond donors (Lipinski definition) is 0. The fourth-order valence-corrected chi connectivity index (χ4v) is 4.63. The summed E-state index contributed by atoms with van der Waals surface area (Å²) in [5.74, 6) is -2.28. The van der Waals surface area contributed by atoms with Crippen LogP contribution in [0, 0.1) is 9.39 Å². The number of halogens is 12. The quantitative estimate of drug-likeness (QED) is 0.147. The summed E-state index contributed by atoms with van der Waals surface area (Å²) in [6.45, 7) is 0. The second kappa shape index (κ2) is 11.2. The number of anilines is 1. The van der Waals surface area contributed by atoms with Crippen LogP contribution in [-0.2, 0) is 18.3 Å². The van der Waals surface area contributed by atoms with Crippen molar-refractivity contribution in [3.63, 3.8) is 0 Å². The average molecular weight is 709 g/mol. The summed E-state index contributed by atoms with van der Waals surface area (Å²) in [7, 11) is 1.29. The first-order valence-electron chi connectivity index (χ1n) is 11.1. The van der Waals surface area contributed by atoms with E-state index in [0.717, 1.165) is 51.8 Å². The summed E-state index contributed by atoms with van der Waals surface area (Å²) in [6.07, 6.45) is -20.0. The van der Waals surface area contributed by atoms with Gasteiger partial charge in [-0.25, -0.2) is 8.78 Å². The van der Waals surface area contributed by atoms with Crippen molar-refractivity contribution in [2.75, 3.05) is 11.9 Å². The minimum absolute atomic E-state index is 0.0368. The molecule has 3 aromatic carbocycles. The standard InChI is InChI=1S/C26H15F11INO2/c1-39(22(41)13-5-7-16(27)8-6-13)17-4-2-3-14(9-17)21(40)12-18-19(24(29,30)31)10-15(11-20(18)38)23(28,25(32,33)34)26(35,36)37/h2-11H,12H2,1H3. The highest BCUT2D eigenvalue weighted by Crippen LogP contribution is 2.54. The molecule has 0 bridgehead atoms. The van der Waals surface area contributed by atoms with Crippen molar-refractivity contribution in [2.24, 2.45) is 0 Å². The molecule has 0 atom stereocenters. The third-order valence-electron chi connectivity index (χ3n) is 5.97. The average Bonchev–Trinajstić information content (AvgIpc) is 2.86. The highest BCUT2D eigenvalue weighted by Gasteiger charge is 2.73. The van der Waals surface area contributed by atoms with E-state index in [1.165, 1.54) is 31.3 Å². The van der Waals surface area contributed by atoms with Crippen LogP contribution in [0.1, 0.15) is 37.4 Å². The molecule has 1 amide bonds. The molecule has 3 nitrogen and oxygen atoms in total. The number of carbonyl (C=O) groups is 2. The molecule has 0 N–H and O–H groups in total. The maximum atomic E-state index is 14.5. The van der Waals surface area contributed by atoms with Crippen molar-refractivity contribution in [1.82, 2.24) is 0 Å². The topological polar surface area (TPSA) is 37.4 Å². The molecule has 220 valence electrons. The highest BCUT2D eigenvalue weighted by molar-refractivity contribution is 14.1. The minimum Gasteiger partial charge on any atom is -0.311 e. The van der Waals surface area contributed by atoms with Gasteiger partial charge in [-0.3, -0.25) is 9.59 Å². The summed E-state index contributed by atoms with van der Waals surface area (Å²) < 4.78 is 147. The minimum atomic E-state index is -6.65. The molecule has 0 radical (unpaired) electrons. The van der Waals surface area contributed by atoms with Crippen LogP contribution < -0.4 is 4.90 Å². The Kier molecular flexibility index (Phi) is 8.82. The van der Waals surface area contributed by atoms with E-state index in [2.05, 4.69) is 0 Å². The van der Waals surface area contributed by atoms with Crippen LogP contribution in [0.15, 0.2) is 60.7 Å². The summed E-state index contributed by atoms with van der Waals surface area (Å²) >= 11 is 1.00. The van der Waals surface area contributed by atoms with Gasteiger partial charge in [-0.05, 0) is 76.7 Å². The Balaban J connectivity index is 2.02. The zero-order chi connectivity index (χ0) is 31.1. The smallest absolute Gasteiger partial charge is 0.311 e. The molecule has 3 aromatic rings. The Morgan fingerprint density at radius 3 is 1.85 bits per heavy atom. The molecule has 0 fully saturated rings. The van der Waals surface area contributed by atoms with E-state index in [9.17, 15) is 57.9 Å². The number of carbonyl (C=O) groups excluding carboxylic acids is 2. The van der Waals surface area contributed by atoms with Crippen LogP contribution >= 0.6 is 22.6 Å². The van der Waals surface area contributed by atoms with Crippen LogP contribution in [0.3, 0.4) is 0 Å². The van der Waals surface area contributed by atoms with E-state index in [-0.39, 0.29) is 22.9 Å². The van der Waals surface area contributed by atoms with E-state index in [1.54, 1.807) is 0 Å². The zero-order valence-corrected chi connectivity index (χ0v) is 22.4. The number of nitrogens with zero attached hydrogens (tertiary/aromatic N) is 1. The third-order valence-corrected chi connectivity index (χ3v) is 6.93. The lowest BCUT2D eigenvalue weighted by Crippen LogP contribution is -2.50. The summed E-state index contributed by atoms with van der Waals surface area (Å²) in [6, 6.07) is 8.74. The molecule has 15 heteroatoms. The maximum Gasteiger partial charge on any atom is 0.435 e. The number of Topliss-reactive ketones (excluding diaryl/α,β-unsaturated/α-hetero) is 1. The predicted molar refractivity (Wildman–Crippen MR) is 133 cm³/mol. The monoisotopic (exact) mass is 709 g/mol. The van der Waals surface area contributed by atoms with Crippen LogP contribution in [0.4, 0.5) is 54.0 Å². The van der Waals surface area contributed by atoms with Crippen molar-refractivity contribution < 1.29 is 57.9 Å². The summed E-state index contributed by atoms with van der Waals surface area (Å²) in [4.78, 5) is 26.7. The maximum absolute atomic E-state index is 14.5. The van der Waals surface area contributed by atoms with Gasteiger partial charge in [0.15, 0.2) is 5.78 Å². The normalized spacial score (nSPS) is 12.8. The van der Waals surface area contributed by atoms with Crippen LogP contribution in [0.2, 0.25) is 0 Å². The van der Waals surface area contributed by atoms with Crippen molar-refractivity contribution >= 4 is 40.0 Å². The van der Waals surface area contributed by atoms with Gasteiger partial charge in [0, 0.05) is 39.4 Å². The Labute approximate surface area is 238 Å². The van der Waals surface area contributed by atoms with E-state index < -0.39 is 74.5 Å². The number of amides is 1. The van der Waals surface area contributed by atoms with E-state index in [0.29, 0.717) is 0 Å². The van der Waals surface area contributed by atoms with E-state index in [4.69, 9.17) is 0 Å². The van der Waals surface area contributed by atoms with Gasteiger partial charge in [0.25, 0.3) is 5.91 Å². The largest absolute Gasteiger partial charge is 0.435 e. The lowest BCUT2D eigenvalue weighted by Gasteiger charge is -2.31. The van der Waals surface area contributed by atoms with Crippen molar-refractivity contribution in [2.45, 2.75) is 30.6 Å². The molecule has 0 saturated carbocycles. The Morgan fingerprint density at radius 1 is 0.780 bits per heavy atom. The van der Waals surface area contributed by atoms with Crippen LogP contribution in [0.5, 0.6) is 0 Å². The lowest BCUT2D eigenvalue weighted by atomic mass is 9.89. The van der Waals surface area contributed by atoms with E-state index in [1.807, 2.05) is 0 Å². The second-order valence-corrected chi connectivity index (χ2v) is 9.82. The van der Waals surface area contributed by atoms with E-state index >= 15 is 0 Å². The van der Waals surface area contributed by atoms with Gasteiger partial charge in [-0.1, -0.05) is 12.1 Å². The summed E-state index contributed by atoms with van der Waals surface area (Å²) in [5, 5.41) is 0. The first-order chi connectivity index (χ1) is 18.7. The summed E-state index contributed by atoms with van der Waals surface area (Å²) in [5.41, 5.74) is -11.6. The molecular weight excluding hydrogens is 694 g/mol. The van der Waals surface area contributed by atoms with Gasteiger partial charge in [0.05, 0.1) is 5.56 Å². The lowest BCUT2D eigenvalue weighted by molar-refractivity contribution is -0.348. The third kappa shape index (κ3) is 6.48. The SMILES string of the molecule is CN(C(=O)c1ccc(F)cc1)c1cccc(C(=O)Cc2c(I)cc(C(F)(C(F)(F)F)C(F)(F)F)cc2C(F)(F)F)c1. The molecule has 0 aliphatic rings.